The van der Waals surface area contributed by atoms with Crippen molar-refractivity contribution in [1.29, 1.82) is 0 Å². The normalized spacial score (nSPS) is 13.8. The van der Waals surface area contributed by atoms with Gasteiger partial charge in [0.25, 0.3) is 0 Å². The summed E-state index contributed by atoms with van der Waals surface area (Å²) in [6.45, 7) is 18.2. The molecule has 2 nitrogen and oxygen atoms in total. The van der Waals surface area contributed by atoms with Crippen LogP contribution in [-0.2, 0) is 0 Å². The molecule has 0 rings (SSSR count). The first kappa shape index (κ1) is 16.9. The lowest BCUT2D eigenvalue weighted by Gasteiger charge is -2.36. The van der Waals surface area contributed by atoms with E-state index in [0.717, 1.165) is 19.1 Å². The molecule has 0 atom stereocenters. The second-order valence-corrected chi connectivity index (χ2v) is 7.15. The first-order valence-corrected chi connectivity index (χ1v) is 7.06. The summed E-state index contributed by atoms with van der Waals surface area (Å²) in [6.07, 6.45) is 2.49. The van der Waals surface area contributed by atoms with Crippen molar-refractivity contribution in [1.82, 2.24) is 10.2 Å². The molecule has 0 radical (unpaired) electrons. The Kier molecular flexibility index (Phi) is 6.71. The summed E-state index contributed by atoms with van der Waals surface area (Å²) in [7, 11) is 2.26. The number of hydrogen-bond acceptors (Lipinski definition) is 2. The summed E-state index contributed by atoms with van der Waals surface area (Å²) < 4.78 is 0. The Morgan fingerprint density at radius 3 is 1.82 bits per heavy atom. The summed E-state index contributed by atoms with van der Waals surface area (Å²) in [6, 6.07) is 0.726. The Hall–Kier alpha value is -0.0800. The topological polar surface area (TPSA) is 15.3 Å². The van der Waals surface area contributed by atoms with Gasteiger partial charge in [0.1, 0.15) is 0 Å². The molecule has 0 aromatic heterocycles. The molecule has 0 aliphatic rings. The molecule has 0 amide bonds. The van der Waals surface area contributed by atoms with Gasteiger partial charge in [0.2, 0.25) is 0 Å². The number of nitrogens with one attached hydrogen (secondary N) is 1. The number of hydrogen-bond donors (Lipinski definition) is 1. The van der Waals surface area contributed by atoms with Gasteiger partial charge in [-0.05, 0) is 46.1 Å². The minimum atomic E-state index is 0.213. The van der Waals surface area contributed by atoms with Gasteiger partial charge >= 0.3 is 0 Å². The lowest BCUT2D eigenvalue weighted by atomic mass is 9.90. The van der Waals surface area contributed by atoms with Crippen LogP contribution >= 0.6 is 0 Å². The summed E-state index contributed by atoms with van der Waals surface area (Å²) in [4.78, 5) is 2.52. The van der Waals surface area contributed by atoms with Gasteiger partial charge in [0.15, 0.2) is 0 Å². The van der Waals surface area contributed by atoms with E-state index < -0.39 is 0 Å². The largest absolute Gasteiger partial charge is 0.311 e. The predicted octanol–water partition coefficient (Wildman–Crippen LogP) is 3.52. The average Bonchev–Trinajstić information content (AvgIpc) is 2.15. The van der Waals surface area contributed by atoms with E-state index in [0.29, 0.717) is 5.41 Å². The molecule has 0 aliphatic heterocycles. The molecule has 1 N–H and O–H groups in total. The molecule has 0 fully saturated rings. The van der Waals surface area contributed by atoms with E-state index in [4.69, 9.17) is 0 Å². The fourth-order valence-corrected chi connectivity index (χ4v) is 2.28. The van der Waals surface area contributed by atoms with Gasteiger partial charge in [-0.1, -0.05) is 27.7 Å². The maximum absolute atomic E-state index is 3.62. The van der Waals surface area contributed by atoms with Crippen LogP contribution in [0.15, 0.2) is 0 Å². The number of rotatable bonds is 7. The van der Waals surface area contributed by atoms with Gasteiger partial charge < -0.3 is 10.2 Å². The van der Waals surface area contributed by atoms with Crippen molar-refractivity contribution >= 4 is 0 Å². The Balaban J connectivity index is 4.24. The molecule has 17 heavy (non-hydrogen) atoms. The third kappa shape index (κ3) is 7.77. The third-order valence-electron chi connectivity index (χ3n) is 3.34. The predicted molar refractivity (Wildman–Crippen MR) is 78.5 cm³/mol. The smallest absolute Gasteiger partial charge is 0.00967 e. The van der Waals surface area contributed by atoms with Crippen molar-refractivity contribution in [3.63, 3.8) is 0 Å². The SMILES string of the molecule is CCC(CC)N(C)CC(C)(C)CNC(C)(C)C. The molecule has 2 heteroatoms. The Bertz CT molecular complexity index is 199. The highest BCUT2D eigenvalue weighted by Crippen LogP contribution is 2.19. The molecule has 0 unspecified atom stereocenters. The molecule has 0 aliphatic carbocycles. The third-order valence-corrected chi connectivity index (χ3v) is 3.34. The highest BCUT2D eigenvalue weighted by Gasteiger charge is 2.24. The van der Waals surface area contributed by atoms with Crippen molar-refractivity contribution in [2.75, 3.05) is 20.1 Å². The van der Waals surface area contributed by atoms with Crippen molar-refractivity contribution in [2.24, 2.45) is 5.41 Å². The summed E-state index contributed by atoms with van der Waals surface area (Å²) in [5, 5.41) is 3.62. The second kappa shape index (κ2) is 6.75. The maximum Gasteiger partial charge on any atom is 0.00967 e. The van der Waals surface area contributed by atoms with Crippen LogP contribution in [0.1, 0.15) is 61.3 Å². The fraction of sp³-hybridized carbons (Fsp3) is 1.00. The van der Waals surface area contributed by atoms with E-state index in [2.05, 4.69) is 65.7 Å². The van der Waals surface area contributed by atoms with E-state index in [1.54, 1.807) is 0 Å². The second-order valence-electron chi connectivity index (χ2n) is 7.15. The van der Waals surface area contributed by atoms with E-state index in [1.807, 2.05) is 0 Å². The van der Waals surface area contributed by atoms with Crippen LogP contribution in [0.5, 0.6) is 0 Å². The monoisotopic (exact) mass is 242 g/mol. The Morgan fingerprint density at radius 1 is 1.00 bits per heavy atom. The average molecular weight is 242 g/mol. The molecule has 0 aromatic carbocycles. The molecule has 0 aromatic rings. The molecular weight excluding hydrogens is 208 g/mol. The highest BCUT2D eigenvalue weighted by atomic mass is 15.1. The maximum atomic E-state index is 3.62. The van der Waals surface area contributed by atoms with E-state index in [1.165, 1.54) is 12.8 Å². The molecule has 104 valence electrons. The minimum absolute atomic E-state index is 0.213. The lowest BCUT2D eigenvalue weighted by molar-refractivity contribution is 0.144. The summed E-state index contributed by atoms with van der Waals surface area (Å²) in [5.41, 5.74) is 0.537. The summed E-state index contributed by atoms with van der Waals surface area (Å²) in [5.74, 6) is 0. The molecule has 0 bridgehead atoms. The van der Waals surface area contributed by atoms with Crippen LogP contribution in [0.2, 0.25) is 0 Å². The molecule has 0 heterocycles. The van der Waals surface area contributed by atoms with Crippen molar-refractivity contribution in [3.05, 3.63) is 0 Å². The van der Waals surface area contributed by atoms with Gasteiger partial charge in [-0.25, -0.2) is 0 Å². The van der Waals surface area contributed by atoms with E-state index in [9.17, 15) is 0 Å². The van der Waals surface area contributed by atoms with Gasteiger partial charge in [-0.2, -0.15) is 0 Å². The Labute approximate surface area is 109 Å². The molecule has 0 spiro atoms. The molecule has 0 saturated heterocycles. The van der Waals surface area contributed by atoms with Crippen LogP contribution in [0.25, 0.3) is 0 Å². The van der Waals surface area contributed by atoms with Crippen LogP contribution in [0.4, 0.5) is 0 Å². The summed E-state index contributed by atoms with van der Waals surface area (Å²) >= 11 is 0. The quantitative estimate of drug-likeness (QED) is 0.735. The fourth-order valence-electron chi connectivity index (χ4n) is 2.28. The van der Waals surface area contributed by atoms with E-state index in [-0.39, 0.29) is 5.54 Å². The molecular formula is C15H34N2. The van der Waals surface area contributed by atoms with E-state index >= 15 is 0 Å². The van der Waals surface area contributed by atoms with Crippen LogP contribution < -0.4 is 5.32 Å². The zero-order chi connectivity index (χ0) is 13.7. The molecule has 0 saturated carbocycles. The first-order valence-electron chi connectivity index (χ1n) is 7.06. The van der Waals surface area contributed by atoms with Crippen molar-refractivity contribution in [2.45, 2.75) is 72.9 Å². The van der Waals surface area contributed by atoms with Crippen molar-refractivity contribution in [3.8, 4) is 0 Å². The Morgan fingerprint density at radius 2 is 1.47 bits per heavy atom. The van der Waals surface area contributed by atoms with Crippen LogP contribution in [0, 0.1) is 5.41 Å². The van der Waals surface area contributed by atoms with Crippen molar-refractivity contribution < 1.29 is 0 Å². The zero-order valence-corrected chi connectivity index (χ0v) is 13.4. The van der Waals surface area contributed by atoms with Gasteiger partial charge in [0, 0.05) is 24.7 Å². The highest BCUT2D eigenvalue weighted by molar-refractivity contribution is 4.81. The van der Waals surface area contributed by atoms with Gasteiger partial charge in [-0.3, -0.25) is 0 Å². The van der Waals surface area contributed by atoms with Gasteiger partial charge in [0.05, 0.1) is 0 Å². The van der Waals surface area contributed by atoms with Gasteiger partial charge in [-0.15, -0.1) is 0 Å². The number of nitrogens with zero attached hydrogens (tertiary/aromatic N) is 1. The van der Waals surface area contributed by atoms with Crippen LogP contribution in [0.3, 0.4) is 0 Å². The minimum Gasteiger partial charge on any atom is -0.311 e. The van der Waals surface area contributed by atoms with Crippen LogP contribution in [-0.4, -0.2) is 36.6 Å². The first-order chi connectivity index (χ1) is 7.61. The standard InChI is InChI=1S/C15H34N2/c1-9-13(10-2)17(8)12-15(6,7)11-16-14(3,4)5/h13,16H,9-12H2,1-8H3. The lowest BCUT2D eigenvalue weighted by Crippen LogP contribution is -2.47. The zero-order valence-electron chi connectivity index (χ0n) is 13.4.